The monoisotopic (exact) mass is 1550 g/mol. The molecule has 3 aliphatic heterocycles. The van der Waals surface area contributed by atoms with Gasteiger partial charge < -0.3 is 96.0 Å². The number of fused-ring (bicyclic) bond motifs is 5. The molecule has 3 saturated carbocycles. The van der Waals surface area contributed by atoms with Crippen LogP contribution in [0.1, 0.15) is 167 Å². The van der Waals surface area contributed by atoms with Crippen LogP contribution in [0.5, 0.6) is 0 Å². The largest absolute Gasteiger partial charge is 0.459 e. The fourth-order valence-corrected chi connectivity index (χ4v) is 19.4. The molecule has 3 heterocycles. The summed E-state index contributed by atoms with van der Waals surface area (Å²) in [5, 5.41) is 111. The van der Waals surface area contributed by atoms with Gasteiger partial charge in [-0.1, -0.05) is 91.8 Å². The number of likely N-dealkylation sites (N-methyl/N-ethyl adjacent to an activating group) is 1. The number of hydrogen-bond donors (Lipinski definition) is 14. The van der Waals surface area contributed by atoms with Crippen molar-refractivity contribution in [3.8, 4) is 0 Å². The number of allylic oxidation sites excluding steroid dienone is 4. The van der Waals surface area contributed by atoms with Crippen LogP contribution in [0.15, 0.2) is 54.1 Å². The number of ether oxygens (including phenoxy) is 5. The number of aliphatic hydroxyl groups excluding tert-OH is 4. The second-order valence-corrected chi connectivity index (χ2v) is 34.8. The van der Waals surface area contributed by atoms with Gasteiger partial charge in [0.2, 0.25) is 23.6 Å². The normalized spacial score (nSPS) is 40.5. The van der Waals surface area contributed by atoms with Gasteiger partial charge in [0.1, 0.15) is 48.3 Å². The van der Waals surface area contributed by atoms with E-state index in [1.807, 2.05) is 51.6 Å². The van der Waals surface area contributed by atoms with Crippen LogP contribution >= 0.6 is 0 Å². The summed E-state index contributed by atoms with van der Waals surface area (Å²) in [5.41, 5.74) is -9.18. The lowest BCUT2D eigenvalue weighted by Crippen LogP contribution is -2.65. The molecule has 29 atom stereocenters. The molecular formula is C80H127FN8O21. The zero-order valence-corrected chi connectivity index (χ0v) is 67.2. The molecule has 6 fully saturated rings. The van der Waals surface area contributed by atoms with E-state index >= 15 is 4.39 Å². The molecular weight excluding hydrogens is 1430 g/mol. The number of carbonyl (C=O) groups excluding carboxylic acids is 8. The van der Waals surface area contributed by atoms with E-state index in [1.165, 1.54) is 26.0 Å². The van der Waals surface area contributed by atoms with Crippen molar-refractivity contribution in [3.05, 3.63) is 59.7 Å². The molecule has 1 aromatic rings. The van der Waals surface area contributed by atoms with Crippen LogP contribution < -0.4 is 31.9 Å². The number of amides is 7. The zero-order chi connectivity index (χ0) is 81.8. The number of carbonyl (C=O) groups is 8. The fraction of sp³-hybridized carbons (Fsp3) is 0.775. The van der Waals surface area contributed by atoms with Gasteiger partial charge in [0.25, 0.3) is 5.91 Å². The SMILES string of the molecule is CCC1OC(=O)C(C)C(OC2CC(C)(O)C(O)C(C)O2)C(C)C(OC2OC(C)CC(N(C)C)C2O)C(C)(O)CC(C)CN(CCCNC(=O)CNC(=O)C(CC(C)C)NC(=O)C(Cc2ccccc2)NC(=O)CNC(=O)NC(=O)[C@@]2(O)[C@H](C)CC3C4C[C@H](F)C5=CC(=O)C=C[C@]5(C)C4C(O)C[C@@]32C)C(C)C(O)C1(C)O. The summed E-state index contributed by atoms with van der Waals surface area (Å²) < 4.78 is 48.1. The van der Waals surface area contributed by atoms with Crippen LogP contribution in [-0.2, 0) is 63.7 Å². The van der Waals surface area contributed by atoms with Crippen molar-refractivity contribution in [3.63, 3.8) is 0 Å². The third-order valence-corrected chi connectivity index (χ3v) is 25.3. The molecule has 1 aromatic carbocycles. The lowest BCUT2D eigenvalue weighted by Gasteiger charge is -2.60. The van der Waals surface area contributed by atoms with E-state index in [2.05, 4.69) is 31.9 Å². The number of benzene rings is 1. The summed E-state index contributed by atoms with van der Waals surface area (Å²) in [6, 6.07) is 3.71. The van der Waals surface area contributed by atoms with Crippen LogP contribution in [0, 0.1) is 58.2 Å². The van der Waals surface area contributed by atoms with Gasteiger partial charge in [-0.3, -0.25) is 43.8 Å². The number of aliphatic hydroxyl groups is 8. The standard InChI is InChI=1S/C80H127FN8O21/c1-18-59-79(15,104)66(95)47(9)89(40-42(4)35-78(14,103)68(110-72-64(94)57(88(16)17)31-44(6)106-72)45(7)65(46(8)71(99)108-59)109-62-37-77(13,102)67(96)48(10)107-62)28-22-27-82-60(92)38-83-69(97)55(29-41(2)3)86-70(98)56(32-49-23-20-19-21-24-49)85-61(93)39-84-74(101)87-73(100)80(105)43(5)30-52-51-34-54(81)53-33-50(90)25-26-75(53,11)63(51)58(91)36-76(52,80)12/h19-21,23-26,33,41-48,51-52,54-59,62-68,72,91,94-96,102-105H,18,22,27-32,34-40H2,1-17H3,(H,82,92)(H,83,97)(H,85,93)(H,86,98)(H2,84,87,100,101)/t42?,43-,44?,45?,46?,47?,48?,51?,52?,54+,55?,56?,57?,58?,59?,62?,63?,64?,65?,66?,67?,68?,72?,75+,76+,77?,78?,79?,80+/m1/s1. The van der Waals surface area contributed by atoms with Crippen molar-refractivity contribution in [2.45, 2.75) is 288 Å². The highest BCUT2D eigenvalue weighted by Crippen LogP contribution is 2.68. The molecule has 30 heteroatoms. The number of alkyl halides is 1. The number of rotatable bonds is 23. The van der Waals surface area contributed by atoms with E-state index in [0.717, 1.165) is 0 Å². The number of ketones is 1. The Morgan fingerprint density at radius 3 is 2.07 bits per heavy atom. The minimum Gasteiger partial charge on any atom is -0.459 e. The molecule has 0 spiro atoms. The highest BCUT2D eigenvalue weighted by atomic mass is 19.1. The van der Waals surface area contributed by atoms with Gasteiger partial charge in [0.05, 0.1) is 60.7 Å². The first-order chi connectivity index (χ1) is 51.2. The Bertz CT molecular complexity index is 3460. The number of hydrogen-bond acceptors (Lipinski definition) is 23. The minimum atomic E-state index is -2.23. The molecule has 620 valence electrons. The number of esters is 1. The van der Waals surface area contributed by atoms with Crippen LogP contribution in [0.25, 0.3) is 0 Å². The van der Waals surface area contributed by atoms with Gasteiger partial charge in [-0.05, 0) is 167 Å². The summed E-state index contributed by atoms with van der Waals surface area (Å²) in [5.74, 6) is -10.2. The van der Waals surface area contributed by atoms with Crippen LogP contribution in [-0.4, -0.2) is 265 Å². The van der Waals surface area contributed by atoms with Gasteiger partial charge in [-0.25, -0.2) is 9.18 Å². The van der Waals surface area contributed by atoms with Crippen LogP contribution in [0.4, 0.5) is 9.18 Å². The molecule has 4 aliphatic carbocycles. The van der Waals surface area contributed by atoms with E-state index in [1.54, 1.807) is 98.7 Å². The maximum Gasteiger partial charge on any atom is 0.321 e. The lowest BCUT2D eigenvalue weighted by atomic mass is 9.46. The number of cyclic esters (lactones) is 1. The van der Waals surface area contributed by atoms with Crippen molar-refractivity contribution in [1.82, 2.24) is 41.7 Å². The Labute approximate surface area is 646 Å². The van der Waals surface area contributed by atoms with E-state index in [-0.39, 0.29) is 95.2 Å². The molecule has 0 aromatic heterocycles. The van der Waals surface area contributed by atoms with E-state index in [4.69, 9.17) is 23.7 Å². The Morgan fingerprint density at radius 1 is 0.773 bits per heavy atom. The average Bonchev–Trinajstić information content (AvgIpc) is 1.48. The third kappa shape index (κ3) is 19.9. The van der Waals surface area contributed by atoms with Gasteiger partial charge in [0, 0.05) is 67.2 Å². The predicted octanol–water partition coefficient (Wildman–Crippen LogP) is 2.53. The Hall–Kier alpha value is -5.97. The van der Waals surface area contributed by atoms with Crippen molar-refractivity contribution in [2.75, 3.05) is 46.8 Å². The smallest absolute Gasteiger partial charge is 0.321 e. The number of urea groups is 1. The summed E-state index contributed by atoms with van der Waals surface area (Å²) in [4.78, 5) is 114. The number of halogens is 1. The fourth-order valence-electron chi connectivity index (χ4n) is 19.4. The Morgan fingerprint density at radius 2 is 1.44 bits per heavy atom. The third-order valence-electron chi connectivity index (χ3n) is 25.3. The maximum absolute atomic E-state index is 16.1. The first-order valence-corrected chi connectivity index (χ1v) is 39.4. The zero-order valence-electron chi connectivity index (χ0n) is 67.2. The minimum absolute atomic E-state index is 0.00787. The average molecular weight is 1560 g/mol. The molecule has 14 N–H and O–H groups in total. The van der Waals surface area contributed by atoms with Crippen LogP contribution in [0.2, 0.25) is 0 Å². The molecule has 7 aliphatic rings. The van der Waals surface area contributed by atoms with E-state index in [0.29, 0.717) is 17.6 Å². The second-order valence-electron chi connectivity index (χ2n) is 34.8. The predicted molar refractivity (Wildman–Crippen MR) is 402 cm³/mol. The van der Waals surface area contributed by atoms with Crippen molar-refractivity contribution in [1.29, 1.82) is 0 Å². The van der Waals surface area contributed by atoms with E-state index in [9.17, 15) is 79.2 Å². The molecule has 24 unspecified atom stereocenters. The van der Waals surface area contributed by atoms with Crippen molar-refractivity contribution < 1.29 is 107 Å². The van der Waals surface area contributed by atoms with Gasteiger partial charge >= 0.3 is 12.0 Å². The van der Waals surface area contributed by atoms with Crippen molar-refractivity contribution in [2.24, 2.45) is 58.2 Å². The molecule has 29 nitrogen and oxygen atoms in total. The molecule has 3 saturated heterocycles. The number of imide groups is 1. The topological polar surface area (TPSA) is 423 Å². The highest BCUT2D eigenvalue weighted by molar-refractivity contribution is 6.02. The van der Waals surface area contributed by atoms with Crippen molar-refractivity contribution >= 4 is 47.3 Å². The molecule has 110 heavy (non-hydrogen) atoms. The Balaban J connectivity index is 0.904. The summed E-state index contributed by atoms with van der Waals surface area (Å²) in [6.45, 7) is 24.3. The van der Waals surface area contributed by atoms with E-state index < -0.39 is 221 Å². The molecule has 8 rings (SSSR count). The first-order valence-electron chi connectivity index (χ1n) is 39.4. The van der Waals surface area contributed by atoms with Gasteiger partial charge in [-0.2, -0.15) is 0 Å². The Kier molecular flexibility index (Phi) is 29.5. The lowest BCUT2D eigenvalue weighted by molar-refractivity contribution is -0.316. The quantitative estimate of drug-likeness (QED) is 0.0553. The van der Waals surface area contributed by atoms with Crippen LogP contribution in [0.3, 0.4) is 0 Å². The summed E-state index contributed by atoms with van der Waals surface area (Å²) in [7, 11) is 3.65. The first kappa shape index (κ1) is 89.6. The maximum atomic E-state index is 16.1. The molecule has 0 bridgehead atoms. The van der Waals surface area contributed by atoms with Gasteiger partial charge in [-0.15, -0.1) is 0 Å². The highest BCUT2D eigenvalue weighted by Gasteiger charge is 2.72. The number of nitrogens with one attached hydrogen (secondary N) is 6. The molecule has 7 amide bonds. The summed E-state index contributed by atoms with van der Waals surface area (Å²) in [6.07, 6.45) is -9.14. The second kappa shape index (κ2) is 36.2. The van der Waals surface area contributed by atoms with Gasteiger partial charge in [0.15, 0.2) is 24.0 Å². The molecule has 0 radical (unpaired) electrons. The number of nitrogens with zero attached hydrogens (tertiary/aromatic N) is 2. The summed E-state index contributed by atoms with van der Waals surface area (Å²) >= 11 is 0.